The Labute approximate surface area is 157 Å². The van der Waals surface area contributed by atoms with E-state index in [9.17, 15) is 4.79 Å². The molecule has 1 amide bonds. The van der Waals surface area contributed by atoms with Gasteiger partial charge in [0.25, 0.3) is 0 Å². The van der Waals surface area contributed by atoms with Gasteiger partial charge in [-0.15, -0.1) is 0 Å². The molecule has 0 aliphatic rings. The van der Waals surface area contributed by atoms with Crippen LogP contribution >= 0.6 is 12.2 Å². The SMILES string of the molecule is Cc1ccc(-c2n[nH]c(=S)n2CCC(=O)N(C)Cc2ccncc2)cc1. The van der Waals surface area contributed by atoms with Crippen molar-refractivity contribution in [2.24, 2.45) is 0 Å². The summed E-state index contributed by atoms with van der Waals surface area (Å²) in [5.74, 6) is 0.805. The molecular formula is C19H21N5OS. The third-order valence-electron chi connectivity index (χ3n) is 4.21. The van der Waals surface area contributed by atoms with Gasteiger partial charge >= 0.3 is 0 Å². The van der Waals surface area contributed by atoms with Crippen LogP contribution in [0.2, 0.25) is 0 Å². The first-order chi connectivity index (χ1) is 12.5. The number of aromatic nitrogens is 4. The molecule has 26 heavy (non-hydrogen) atoms. The zero-order valence-corrected chi connectivity index (χ0v) is 15.7. The van der Waals surface area contributed by atoms with Gasteiger partial charge in [0, 0.05) is 44.5 Å². The fourth-order valence-corrected chi connectivity index (χ4v) is 2.92. The van der Waals surface area contributed by atoms with Gasteiger partial charge in [-0.2, -0.15) is 5.10 Å². The largest absolute Gasteiger partial charge is 0.341 e. The zero-order chi connectivity index (χ0) is 18.5. The molecule has 0 aliphatic heterocycles. The zero-order valence-electron chi connectivity index (χ0n) is 14.8. The number of nitrogens with zero attached hydrogens (tertiary/aromatic N) is 4. The number of aromatic amines is 1. The number of nitrogens with one attached hydrogen (secondary N) is 1. The fraction of sp³-hybridized carbons (Fsp3) is 0.263. The summed E-state index contributed by atoms with van der Waals surface area (Å²) in [6.07, 6.45) is 3.81. The van der Waals surface area contributed by atoms with Gasteiger partial charge in [0.15, 0.2) is 10.6 Å². The molecule has 3 rings (SSSR count). The first-order valence-corrected chi connectivity index (χ1v) is 8.80. The molecule has 2 aromatic heterocycles. The second kappa shape index (κ2) is 8.05. The molecule has 2 heterocycles. The van der Waals surface area contributed by atoms with Gasteiger partial charge in [0.1, 0.15) is 0 Å². The first kappa shape index (κ1) is 18.0. The van der Waals surface area contributed by atoms with E-state index in [1.807, 2.05) is 47.9 Å². The Morgan fingerprint density at radius 3 is 2.58 bits per heavy atom. The average molecular weight is 367 g/mol. The highest BCUT2D eigenvalue weighted by molar-refractivity contribution is 7.71. The number of pyridine rings is 1. The molecule has 134 valence electrons. The van der Waals surface area contributed by atoms with E-state index in [0.29, 0.717) is 24.3 Å². The van der Waals surface area contributed by atoms with Crippen LogP contribution in [0.3, 0.4) is 0 Å². The van der Waals surface area contributed by atoms with Crippen molar-refractivity contribution < 1.29 is 4.79 Å². The number of rotatable bonds is 6. The maximum Gasteiger partial charge on any atom is 0.224 e. The maximum atomic E-state index is 12.5. The fourth-order valence-electron chi connectivity index (χ4n) is 2.70. The second-order valence-corrected chi connectivity index (χ2v) is 6.61. The van der Waals surface area contributed by atoms with E-state index in [2.05, 4.69) is 15.2 Å². The molecule has 0 radical (unpaired) electrons. The third kappa shape index (κ3) is 4.23. The Morgan fingerprint density at radius 1 is 1.19 bits per heavy atom. The summed E-state index contributed by atoms with van der Waals surface area (Å²) < 4.78 is 2.39. The van der Waals surface area contributed by atoms with E-state index in [1.165, 1.54) is 5.56 Å². The maximum absolute atomic E-state index is 12.5. The molecule has 6 nitrogen and oxygen atoms in total. The van der Waals surface area contributed by atoms with Crippen molar-refractivity contribution in [3.8, 4) is 11.4 Å². The van der Waals surface area contributed by atoms with E-state index >= 15 is 0 Å². The van der Waals surface area contributed by atoms with E-state index in [-0.39, 0.29) is 5.91 Å². The smallest absolute Gasteiger partial charge is 0.224 e. The van der Waals surface area contributed by atoms with Crippen LogP contribution in [0.1, 0.15) is 17.5 Å². The second-order valence-electron chi connectivity index (χ2n) is 6.23. The number of amides is 1. The number of carbonyl (C=O) groups is 1. The topological polar surface area (TPSA) is 66.8 Å². The Kier molecular flexibility index (Phi) is 5.58. The van der Waals surface area contributed by atoms with E-state index in [4.69, 9.17) is 12.2 Å². The molecule has 0 unspecified atom stereocenters. The van der Waals surface area contributed by atoms with Gasteiger partial charge in [0.05, 0.1) is 0 Å². The summed E-state index contributed by atoms with van der Waals surface area (Å²) in [6, 6.07) is 11.9. The molecule has 0 aliphatic carbocycles. The number of hydrogen-bond acceptors (Lipinski definition) is 4. The van der Waals surface area contributed by atoms with E-state index in [0.717, 1.165) is 17.0 Å². The highest BCUT2D eigenvalue weighted by Gasteiger charge is 2.13. The predicted octanol–water partition coefficient (Wildman–Crippen LogP) is 3.36. The average Bonchev–Trinajstić information content (AvgIpc) is 3.01. The van der Waals surface area contributed by atoms with Crippen molar-refractivity contribution in [2.75, 3.05) is 7.05 Å². The van der Waals surface area contributed by atoms with Crippen LogP contribution in [0.5, 0.6) is 0 Å². The molecule has 0 fully saturated rings. The van der Waals surface area contributed by atoms with Crippen molar-refractivity contribution in [1.29, 1.82) is 0 Å². The highest BCUT2D eigenvalue weighted by Crippen LogP contribution is 2.18. The lowest BCUT2D eigenvalue weighted by Gasteiger charge is -2.17. The van der Waals surface area contributed by atoms with Crippen molar-refractivity contribution in [3.63, 3.8) is 0 Å². The van der Waals surface area contributed by atoms with Crippen molar-refractivity contribution in [2.45, 2.75) is 26.4 Å². The van der Waals surface area contributed by atoms with Gasteiger partial charge in [-0.25, -0.2) is 0 Å². The lowest BCUT2D eigenvalue weighted by Crippen LogP contribution is -2.27. The Hall–Kier alpha value is -2.80. The summed E-state index contributed by atoms with van der Waals surface area (Å²) >= 11 is 5.33. The van der Waals surface area contributed by atoms with Crippen LogP contribution in [0.4, 0.5) is 0 Å². The van der Waals surface area contributed by atoms with Crippen LogP contribution in [0, 0.1) is 11.7 Å². The van der Waals surface area contributed by atoms with Gasteiger partial charge in [-0.1, -0.05) is 29.8 Å². The number of carbonyl (C=O) groups excluding carboxylic acids is 1. The van der Waals surface area contributed by atoms with Crippen molar-refractivity contribution >= 4 is 18.1 Å². The monoisotopic (exact) mass is 367 g/mol. The third-order valence-corrected chi connectivity index (χ3v) is 4.52. The van der Waals surface area contributed by atoms with Crippen molar-refractivity contribution in [3.05, 3.63) is 64.7 Å². The van der Waals surface area contributed by atoms with Crippen LogP contribution < -0.4 is 0 Å². The summed E-state index contributed by atoms with van der Waals surface area (Å²) in [4.78, 5) is 18.2. The van der Waals surface area contributed by atoms with Gasteiger partial charge in [0.2, 0.25) is 5.91 Å². The molecule has 0 bridgehead atoms. The number of benzene rings is 1. The molecule has 0 spiro atoms. The summed E-state index contributed by atoms with van der Waals surface area (Å²) in [5.41, 5.74) is 3.21. The first-order valence-electron chi connectivity index (χ1n) is 8.39. The van der Waals surface area contributed by atoms with Crippen LogP contribution in [-0.4, -0.2) is 37.6 Å². The van der Waals surface area contributed by atoms with E-state index < -0.39 is 0 Å². The summed E-state index contributed by atoms with van der Waals surface area (Å²) in [7, 11) is 1.80. The number of H-pyrrole nitrogens is 1. The molecular weight excluding hydrogens is 346 g/mol. The molecule has 1 aromatic carbocycles. The van der Waals surface area contributed by atoms with E-state index in [1.54, 1.807) is 24.3 Å². The Morgan fingerprint density at radius 2 is 1.88 bits per heavy atom. The number of aryl methyl sites for hydroxylation is 1. The molecule has 1 N–H and O–H groups in total. The van der Waals surface area contributed by atoms with Gasteiger partial charge in [-0.3, -0.25) is 19.4 Å². The molecule has 7 heteroatoms. The molecule has 0 saturated carbocycles. The molecule has 3 aromatic rings. The minimum Gasteiger partial charge on any atom is -0.341 e. The summed E-state index contributed by atoms with van der Waals surface area (Å²) in [6.45, 7) is 3.08. The Balaban J connectivity index is 1.68. The Bertz CT molecular complexity index is 931. The van der Waals surface area contributed by atoms with Gasteiger partial charge in [-0.05, 0) is 36.8 Å². The quantitative estimate of drug-likeness (QED) is 0.679. The minimum atomic E-state index is 0.0553. The number of hydrogen-bond donors (Lipinski definition) is 1. The highest BCUT2D eigenvalue weighted by atomic mass is 32.1. The molecule has 0 atom stereocenters. The summed E-state index contributed by atoms with van der Waals surface area (Å²) in [5, 5.41) is 7.15. The van der Waals surface area contributed by atoms with Crippen molar-refractivity contribution in [1.82, 2.24) is 24.6 Å². The van der Waals surface area contributed by atoms with Crippen LogP contribution in [0.25, 0.3) is 11.4 Å². The standard InChI is InChI=1S/C19H21N5OS/c1-14-3-5-16(6-4-14)18-21-22-19(26)24(18)12-9-17(25)23(2)13-15-7-10-20-11-8-15/h3-8,10-11H,9,12-13H2,1-2H3,(H,22,26). The van der Waals surface area contributed by atoms with Gasteiger partial charge < -0.3 is 4.90 Å². The normalized spacial score (nSPS) is 10.7. The lowest BCUT2D eigenvalue weighted by atomic mass is 10.1. The lowest BCUT2D eigenvalue weighted by molar-refractivity contribution is -0.130. The minimum absolute atomic E-state index is 0.0553. The predicted molar refractivity (Wildman–Crippen MR) is 103 cm³/mol. The molecule has 0 saturated heterocycles. The van der Waals surface area contributed by atoms with Crippen LogP contribution in [0.15, 0.2) is 48.8 Å². The van der Waals surface area contributed by atoms with Crippen LogP contribution in [-0.2, 0) is 17.9 Å².